The first-order chi connectivity index (χ1) is 7.04. The van der Waals surface area contributed by atoms with Gasteiger partial charge in [-0.05, 0) is 44.0 Å². The first kappa shape index (κ1) is 13.8. The fourth-order valence-corrected chi connectivity index (χ4v) is 3.51. The average Bonchev–Trinajstić information content (AvgIpc) is 2.15. The average molecular weight is 421 g/mol. The Morgan fingerprint density at radius 1 is 1.27 bits per heavy atom. The van der Waals surface area contributed by atoms with Crippen LogP contribution in [0.5, 0.6) is 5.75 Å². The van der Waals surface area contributed by atoms with E-state index in [0.717, 1.165) is 19.2 Å². The molecule has 0 N–H and O–H groups in total. The summed E-state index contributed by atoms with van der Waals surface area (Å²) in [6.07, 6.45) is 0. The molecule has 5 heteroatoms. The summed E-state index contributed by atoms with van der Waals surface area (Å²) in [5.41, 5.74) is 0. The van der Waals surface area contributed by atoms with E-state index in [2.05, 4.69) is 47.8 Å². The molecule has 0 heterocycles. The van der Waals surface area contributed by atoms with Crippen LogP contribution in [0.4, 0.5) is 0 Å². The third kappa shape index (κ3) is 4.25. The van der Waals surface area contributed by atoms with E-state index in [1.807, 2.05) is 19.1 Å². The highest BCUT2D eigenvalue weighted by Crippen LogP contribution is 2.36. The van der Waals surface area contributed by atoms with E-state index in [4.69, 9.17) is 16.3 Å². The number of rotatable bonds is 4. The minimum atomic E-state index is 0.342. The fraction of sp³-hybridized carbons (Fsp3) is 0.400. The highest BCUT2D eigenvalue weighted by atomic mass is 79.9. The topological polar surface area (TPSA) is 9.23 Å². The van der Waals surface area contributed by atoms with Gasteiger partial charge in [0, 0.05) is 16.3 Å². The summed E-state index contributed by atoms with van der Waals surface area (Å²) in [4.78, 5) is 0. The predicted octanol–water partition coefficient (Wildman–Crippen LogP) is 5.23. The van der Waals surface area contributed by atoms with E-state index in [0.29, 0.717) is 18.4 Å². The molecule has 0 bridgehead atoms. The van der Waals surface area contributed by atoms with E-state index in [-0.39, 0.29) is 0 Å². The summed E-state index contributed by atoms with van der Waals surface area (Å²) in [7, 11) is 0. The summed E-state index contributed by atoms with van der Waals surface area (Å²) in [5.74, 6) is 1.76. The van der Waals surface area contributed by atoms with Crippen LogP contribution in [0, 0.1) is 5.92 Å². The Hall–Kier alpha value is 0.750. The molecule has 0 saturated carbocycles. The lowest BCUT2D eigenvalue weighted by atomic mass is 10.2. The van der Waals surface area contributed by atoms with Crippen molar-refractivity contribution in [3.63, 3.8) is 0 Å². The molecule has 0 aliphatic rings. The maximum atomic E-state index is 5.71. The lowest BCUT2D eigenvalue weighted by Gasteiger charge is -2.13. The zero-order chi connectivity index (χ0) is 11.4. The van der Waals surface area contributed by atoms with Crippen LogP contribution in [0.3, 0.4) is 0 Å². The molecule has 0 amide bonds. The second-order valence-electron chi connectivity index (χ2n) is 3.27. The molecule has 1 nitrogen and oxygen atoms in total. The molecule has 1 aromatic rings. The van der Waals surface area contributed by atoms with Crippen LogP contribution in [-0.2, 0) is 0 Å². The SMILES string of the molecule is CC(CCl)COc1c(Br)cc(Br)cc1Br. The molecule has 84 valence electrons. The summed E-state index contributed by atoms with van der Waals surface area (Å²) in [6, 6.07) is 3.90. The van der Waals surface area contributed by atoms with Crippen molar-refractivity contribution in [1.82, 2.24) is 0 Å². The second-order valence-corrected chi connectivity index (χ2v) is 6.20. The van der Waals surface area contributed by atoms with Gasteiger partial charge in [-0.25, -0.2) is 0 Å². The first-order valence-corrected chi connectivity index (χ1v) is 7.29. The van der Waals surface area contributed by atoms with Gasteiger partial charge in [-0.1, -0.05) is 22.9 Å². The largest absolute Gasteiger partial charge is 0.491 e. The van der Waals surface area contributed by atoms with Gasteiger partial charge in [-0.15, -0.1) is 11.6 Å². The highest BCUT2D eigenvalue weighted by molar-refractivity contribution is 9.11. The van der Waals surface area contributed by atoms with Gasteiger partial charge in [-0.3, -0.25) is 0 Å². The van der Waals surface area contributed by atoms with Crippen molar-refractivity contribution < 1.29 is 4.74 Å². The van der Waals surface area contributed by atoms with E-state index in [9.17, 15) is 0 Å². The third-order valence-corrected chi connectivity index (χ3v) is 3.90. The molecular weight excluding hydrogens is 411 g/mol. The molecule has 1 rings (SSSR count). The molecule has 1 aromatic carbocycles. The Balaban J connectivity index is 2.77. The van der Waals surface area contributed by atoms with Crippen LogP contribution < -0.4 is 4.74 Å². The minimum Gasteiger partial charge on any atom is -0.491 e. The Kier molecular flexibility index (Phi) is 5.96. The Morgan fingerprint density at radius 3 is 2.27 bits per heavy atom. The van der Waals surface area contributed by atoms with Crippen molar-refractivity contribution in [2.75, 3.05) is 12.5 Å². The highest BCUT2D eigenvalue weighted by Gasteiger charge is 2.09. The maximum absolute atomic E-state index is 5.71. The summed E-state index contributed by atoms with van der Waals surface area (Å²) >= 11 is 16.0. The van der Waals surface area contributed by atoms with Crippen molar-refractivity contribution in [1.29, 1.82) is 0 Å². The molecule has 0 saturated heterocycles. The molecule has 0 spiro atoms. The third-order valence-electron chi connectivity index (χ3n) is 1.74. The van der Waals surface area contributed by atoms with Gasteiger partial charge in [-0.2, -0.15) is 0 Å². The van der Waals surface area contributed by atoms with Crippen LogP contribution in [0.25, 0.3) is 0 Å². The summed E-state index contributed by atoms with van der Waals surface area (Å²) < 4.78 is 8.52. The zero-order valence-corrected chi connectivity index (χ0v) is 13.6. The van der Waals surface area contributed by atoms with E-state index in [1.54, 1.807) is 0 Å². The zero-order valence-electron chi connectivity index (χ0n) is 8.07. The van der Waals surface area contributed by atoms with Crippen LogP contribution in [-0.4, -0.2) is 12.5 Å². The van der Waals surface area contributed by atoms with Gasteiger partial charge >= 0.3 is 0 Å². The Labute approximate surface area is 120 Å². The maximum Gasteiger partial charge on any atom is 0.147 e. The van der Waals surface area contributed by atoms with E-state index >= 15 is 0 Å². The van der Waals surface area contributed by atoms with Crippen LogP contribution in [0.1, 0.15) is 6.92 Å². The fourth-order valence-electron chi connectivity index (χ4n) is 0.937. The summed E-state index contributed by atoms with van der Waals surface area (Å²) in [6.45, 7) is 2.66. The van der Waals surface area contributed by atoms with Crippen LogP contribution >= 0.6 is 59.4 Å². The van der Waals surface area contributed by atoms with E-state index in [1.165, 1.54) is 0 Å². The standard InChI is InChI=1S/C10H10Br3ClO/c1-6(4-14)5-15-10-8(12)2-7(11)3-9(10)13/h2-3,6H,4-5H2,1H3. The van der Waals surface area contributed by atoms with Gasteiger partial charge in [0.2, 0.25) is 0 Å². The van der Waals surface area contributed by atoms with Crippen molar-refractivity contribution in [2.24, 2.45) is 5.92 Å². The molecule has 0 aliphatic heterocycles. The smallest absolute Gasteiger partial charge is 0.147 e. The lowest BCUT2D eigenvalue weighted by Crippen LogP contribution is -2.10. The van der Waals surface area contributed by atoms with Gasteiger partial charge in [0.1, 0.15) is 5.75 Å². The molecule has 0 radical (unpaired) electrons. The number of ether oxygens (including phenoxy) is 1. The van der Waals surface area contributed by atoms with Crippen molar-refractivity contribution in [3.05, 3.63) is 25.6 Å². The minimum absolute atomic E-state index is 0.342. The monoisotopic (exact) mass is 418 g/mol. The van der Waals surface area contributed by atoms with Crippen LogP contribution in [0.2, 0.25) is 0 Å². The van der Waals surface area contributed by atoms with Crippen molar-refractivity contribution in [3.8, 4) is 5.75 Å². The molecule has 15 heavy (non-hydrogen) atoms. The number of halogens is 4. The van der Waals surface area contributed by atoms with Gasteiger partial charge in [0.25, 0.3) is 0 Å². The van der Waals surface area contributed by atoms with Gasteiger partial charge in [0.05, 0.1) is 15.6 Å². The van der Waals surface area contributed by atoms with Crippen molar-refractivity contribution in [2.45, 2.75) is 6.92 Å². The number of hydrogen-bond donors (Lipinski definition) is 0. The molecule has 1 atom stereocenters. The normalized spacial score (nSPS) is 12.6. The molecule has 1 unspecified atom stereocenters. The number of alkyl halides is 1. The Bertz CT molecular complexity index is 320. The van der Waals surface area contributed by atoms with Gasteiger partial charge in [0.15, 0.2) is 0 Å². The number of benzene rings is 1. The van der Waals surface area contributed by atoms with E-state index < -0.39 is 0 Å². The quantitative estimate of drug-likeness (QED) is 0.606. The van der Waals surface area contributed by atoms with Crippen molar-refractivity contribution >= 4 is 59.4 Å². The lowest BCUT2D eigenvalue weighted by molar-refractivity contribution is 0.269. The van der Waals surface area contributed by atoms with Gasteiger partial charge < -0.3 is 4.74 Å². The predicted molar refractivity (Wildman–Crippen MR) is 74.9 cm³/mol. The van der Waals surface area contributed by atoms with Crippen LogP contribution in [0.15, 0.2) is 25.6 Å². The summed E-state index contributed by atoms with van der Waals surface area (Å²) in [5, 5.41) is 0. The Morgan fingerprint density at radius 2 is 1.80 bits per heavy atom. The molecule has 0 aliphatic carbocycles. The number of hydrogen-bond acceptors (Lipinski definition) is 1. The molecule has 0 fully saturated rings. The second kappa shape index (κ2) is 6.48. The molecular formula is C10H10Br3ClO. The molecule has 0 aromatic heterocycles. The first-order valence-electron chi connectivity index (χ1n) is 4.38.